The first-order chi connectivity index (χ1) is 35.4. The number of piperazine rings is 1. The number of hydrogen-bond acceptors (Lipinski definition) is 15. The molecular formula is C55H72N10O8S. The van der Waals surface area contributed by atoms with Gasteiger partial charge in [0.25, 0.3) is 11.8 Å². The second-order valence-electron chi connectivity index (χ2n) is 21.6. The number of hydrazine groups is 1. The molecule has 0 aliphatic carbocycles. The summed E-state index contributed by atoms with van der Waals surface area (Å²) < 4.78 is 20.4. The van der Waals surface area contributed by atoms with Crippen LogP contribution in [0.3, 0.4) is 0 Å². The Hall–Kier alpha value is -5.83. The van der Waals surface area contributed by atoms with Gasteiger partial charge in [0.05, 0.1) is 46.7 Å². The third kappa shape index (κ3) is 10.7. The van der Waals surface area contributed by atoms with E-state index in [0.717, 1.165) is 76.4 Å². The zero-order valence-electron chi connectivity index (χ0n) is 44.2. The van der Waals surface area contributed by atoms with Crippen LogP contribution in [0.5, 0.6) is 0 Å². The molecule has 1 aromatic carbocycles. The molecule has 0 radical (unpaired) electrons. The maximum atomic E-state index is 14.8. The number of benzene rings is 1. The van der Waals surface area contributed by atoms with E-state index in [1.807, 2.05) is 58.3 Å². The van der Waals surface area contributed by atoms with E-state index < -0.39 is 47.1 Å². The summed E-state index contributed by atoms with van der Waals surface area (Å²) in [5, 5.41) is 19.8. The van der Waals surface area contributed by atoms with Crippen LogP contribution in [0.2, 0.25) is 0 Å². The number of aromatic nitrogens is 4. The second-order valence-corrected chi connectivity index (χ2v) is 22.5. The van der Waals surface area contributed by atoms with E-state index in [9.17, 15) is 24.3 Å². The fourth-order valence-corrected chi connectivity index (χ4v) is 12.0. The number of aryl methyl sites for hydroxylation is 1. The van der Waals surface area contributed by atoms with Gasteiger partial charge in [-0.05, 0) is 81.5 Å². The van der Waals surface area contributed by atoms with Crippen molar-refractivity contribution in [2.75, 3.05) is 72.0 Å². The lowest BCUT2D eigenvalue weighted by Crippen LogP contribution is -2.67. The summed E-state index contributed by atoms with van der Waals surface area (Å²) in [6, 6.07) is 10.2. The Morgan fingerprint density at radius 3 is 2.58 bits per heavy atom. The Bertz CT molecular complexity index is 2860. The van der Waals surface area contributed by atoms with E-state index in [-0.39, 0.29) is 56.3 Å². The number of carbonyl (C=O) groups is 4. The number of carbonyl (C=O) groups excluding carboxylic acids is 4. The number of likely N-dealkylation sites (N-methyl/N-ethyl adjacent to an activating group) is 2. The summed E-state index contributed by atoms with van der Waals surface area (Å²) in [6.07, 6.45) is 5.59. The number of cyclic esters (lactones) is 1. The average molecular weight is 1030 g/mol. The minimum atomic E-state index is -2.24. The molecule has 74 heavy (non-hydrogen) atoms. The maximum absolute atomic E-state index is 14.8. The number of fused-ring (bicyclic) bond motifs is 6. The third-order valence-corrected chi connectivity index (χ3v) is 16.2. The van der Waals surface area contributed by atoms with E-state index in [1.165, 1.54) is 21.2 Å². The number of ether oxygens (including phenoxy) is 3. The monoisotopic (exact) mass is 1030 g/mol. The van der Waals surface area contributed by atoms with Crippen molar-refractivity contribution in [1.29, 1.82) is 0 Å². The van der Waals surface area contributed by atoms with Crippen molar-refractivity contribution in [2.24, 2.45) is 11.3 Å². The lowest BCUT2D eigenvalue weighted by molar-refractivity contribution is -0.189. The molecule has 18 nitrogen and oxygen atoms in total. The Balaban J connectivity index is 1.11. The van der Waals surface area contributed by atoms with E-state index in [0.29, 0.717) is 36.7 Å². The van der Waals surface area contributed by atoms with Crippen LogP contribution < -0.4 is 15.6 Å². The highest BCUT2D eigenvalue weighted by molar-refractivity contribution is 7.10. The Morgan fingerprint density at radius 1 is 1.08 bits per heavy atom. The van der Waals surface area contributed by atoms with Crippen molar-refractivity contribution in [3.8, 4) is 22.5 Å². The number of nitrogens with zero attached hydrogens (tertiary/aromatic N) is 8. The fraction of sp³-hybridized carbons (Fsp3) is 0.545. The molecule has 6 bridgehead atoms. The van der Waals surface area contributed by atoms with Gasteiger partial charge in [-0.25, -0.2) is 9.78 Å². The van der Waals surface area contributed by atoms with E-state index in [4.69, 9.17) is 24.2 Å². The quantitative estimate of drug-likeness (QED) is 0.136. The van der Waals surface area contributed by atoms with Crippen LogP contribution in [-0.2, 0) is 52.8 Å². The Kier molecular flexibility index (Phi) is 15.6. The number of amides is 3. The topological polar surface area (TPSA) is 197 Å². The van der Waals surface area contributed by atoms with Crippen molar-refractivity contribution in [2.45, 2.75) is 116 Å². The number of rotatable bonds is 11. The first-order valence-corrected chi connectivity index (χ1v) is 26.9. The highest BCUT2D eigenvalue weighted by Crippen LogP contribution is 2.43. The predicted molar refractivity (Wildman–Crippen MR) is 283 cm³/mol. The zero-order chi connectivity index (χ0) is 52.6. The van der Waals surface area contributed by atoms with Gasteiger partial charge in [0.15, 0.2) is 0 Å². The molecule has 4 aliphatic heterocycles. The molecule has 3 saturated heterocycles. The summed E-state index contributed by atoms with van der Waals surface area (Å²) in [7, 11) is 5.43. The molecule has 9 rings (SSSR count). The van der Waals surface area contributed by atoms with Gasteiger partial charge in [0, 0.05) is 124 Å². The second kappa shape index (κ2) is 21.8. The SMILES string of the molecule is CCn1c(-c2cc(N3CCN(C)CC3)cnc2[C@H](C)OC)c2c3cc(ccc31)-c1csc(n1)C[C@H](NC(=O)[C@H](C(C)C)N(C)C(=O)[C@@H]1OCC[C@@H]1c1cccnc1)C(=O)N1CCC[C@@](O)(N1)C(=O)OCC(C)(C)C2. The number of anilines is 1. The van der Waals surface area contributed by atoms with Gasteiger partial charge in [-0.3, -0.25) is 29.4 Å². The van der Waals surface area contributed by atoms with Crippen molar-refractivity contribution in [3.63, 3.8) is 0 Å². The summed E-state index contributed by atoms with van der Waals surface area (Å²) in [6.45, 7) is 16.7. The molecule has 6 atom stereocenters. The largest absolute Gasteiger partial charge is 0.462 e. The molecule has 19 heteroatoms. The highest BCUT2D eigenvalue weighted by Gasteiger charge is 2.46. The summed E-state index contributed by atoms with van der Waals surface area (Å²) >= 11 is 1.37. The average Bonchev–Trinajstić information content (AvgIpc) is 4.16. The minimum absolute atomic E-state index is 0.0112. The zero-order valence-corrected chi connectivity index (χ0v) is 45.0. The molecule has 3 amide bonds. The standard InChI is InChI=1S/C55H72N10O8S/c1-10-64-44-15-14-35-25-39(44)41(48(64)40-26-37(30-57-46(40)34(4)71-9)63-22-20-61(7)21-23-63)28-54(5,6)32-73-53(69)55(70)17-12-19-65(60-55)51(67)42(27-45-58-43(35)31-74-45)59-50(66)47(33(2)3)62(8)52(68)49-38(16-24-72-49)36-13-11-18-56-29-36/h11,13-15,18,25-26,29-31,33-34,38,42,47,49,60,70H,10,12,16-17,19-24,27-28,32H2,1-9H3,(H,59,66)/t34-,38+,42-,47-,49+,55-/m0/s1. The van der Waals surface area contributed by atoms with E-state index in [2.05, 4.69) is 68.3 Å². The summed E-state index contributed by atoms with van der Waals surface area (Å²) in [5.74, 6) is -2.99. The van der Waals surface area contributed by atoms with Crippen molar-refractivity contribution in [1.82, 2.24) is 45.1 Å². The predicted octanol–water partition coefficient (Wildman–Crippen LogP) is 5.73. The Morgan fingerprint density at radius 2 is 1.86 bits per heavy atom. The van der Waals surface area contributed by atoms with Crippen molar-refractivity contribution >= 4 is 51.6 Å². The molecule has 396 valence electrons. The summed E-state index contributed by atoms with van der Waals surface area (Å²) in [4.78, 5) is 78.6. The van der Waals surface area contributed by atoms with Gasteiger partial charge in [-0.2, -0.15) is 5.43 Å². The number of aliphatic hydroxyl groups is 1. The van der Waals surface area contributed by atoms with Gasteiger partial charge in [-0.1, -0.05) is 39.8 Å². The number of esters is 1. The molecule has 0 saturated carbocycles. The first kappa shape index (κ1) is 53.0. The van der Waals surface area contributed by atoms with E-state index >= 15 is 0 Å². The molecule has 8 heterocycles. The van der Waals surface area contributed by atoms with Crippen LogP contribution in [0.4, 0.5) is 5.69 Å². The molecule has 0 spiro atoms. The molecule has 0 unspecified atom stereocenters. The number of pyridine rings is 2. The third-order valence-electron chi connectivity index (χ3n) is 15.3. The van der Waals surface area contributed by atoms with Gasteiger partial charge in [0.2, 0.25) is 11.6 Å². The Labute approximate surface area is 437 Å². The highest BCUT2D eigenvalue weighted by atomic mass is 32.1. The van der Waals surface area contributed by atoms with Gasteiger partial charge >= 0.3 is 5.97 Å². The van der Waals surface area contributed by atoms with Gasteiger partial charge in [0.1, 0.15) is 18.2 Å². The molecular weight excluding hydrogens is 961 g/mol. The first-order valence-electron chi connectivity index (χ1n) is 26.0. The molecule has 5 aromatic rings. The van der Waals surface area contributed by atoms with Gasteiger partial charge in [-0.15, -0.1) is 11.3 Å². The normalized spacial score (nSPS) is 23.6. The van der Waals surface area contributed by atoms with Crippen LogP contribution in [0, 0.1) is 11.3 Å². The van der Waals surface area contributed by atoms with Crippen LogP contribution in [-0.4, -0.2) is 154 Å². The van der Waals surface area contributed by atoms with Crippen LogP contribution in [0.25, 0.3) is 33.4 Å². The molecule has 3 fully saturated rings. The lowest BCUT2D eigenvalue weighted by atomic mass is 9.84. The number of methoxy groups -OCH3 is 1. The van der Waals surface area contributed by atoms with Crippen LogP contribution in [0.15, 0.2) is 60.4 Å². The maximum Gasteiger partial charge on any atom is 0.355 e. The van der Waals surface area contributed by atoms with Gasteiger partial charge < -0.3 is 43.9 Å². The van der Waals surface area contributed by atoms with Crippen molar-refractivity contribution in [3.05, 3.63) is 82.2 Å². The number of hydrogen-bond donors (Lipinski definition) is 3. The van der Waals surface area contributed by atoms with Crippen LogP contribution >= 0.6 is 11.3 Å². The van der Waals surface area contributed by atoms with E-state index in [1.54, 1.807) is 26.6 Å². The number of thiazole rings is 1. The van der Waals surface area contributed by atoms with Crippen molar-refractivity contribution < 1.29 is 38.5 Å². The molecule has 4 aliphatic rings. The smallest absolute Gasteiger partial charge is 0.355 e. The molecule has 3 N–H and O–H groups in total. The van der Waals surface area contributed by atoms with Crippen LogP contribution in [0.1, 0.15) is 94.7 Å². The summed E-state index contributed by atoms with van der Waals surface area (Å²) in [5.41, 5.74) is 8.26. The molecule has 4 aromatic heterocycles. The minimum Gasteiger partial charge on any atom is -0.462 e. The lowest BCUT2D eigenvalue weighted by Gasteiger charge is -2.40. The number of nitrogens with one attached hydrogen (secondary N) is 2. The fourth-order valence-electron chi connectivity index (χ4n) is 11.2.